The van der Waals surface area contributed by atoms with Gasteiger partial charge in [-0.1, -0.05) is 26.0 Å². The first kappa shape index (κ1) is 12.4. The molecule has 3 heteroatoms. The molecule has 2 aromatic rings. The Bertz CT molecular complexity index is 558. The highest BCUT2D eigenvalue weighted by Crippen LogP contribution is 2.10. The van der Waals surface area contributed by atoms with Crippen molar-refractivity contribution >= 4 is 0 Å². The number of hydrogen-bond acceptors (Lipinski definition) is 2. The van der Waals surface area contributed by atoms with Gasteiger partial charge in [-0.25, -0.2) is 0 Å². The molecular formula is C15H17N3. The average molecular weight is 239 g/mol. The number of rotatable bonds is 4. The van der Waals surface area contributed by atoms with Crippen LogP contribution in [0, 0.1) is 11.3 Å². The number of nitriles is 1. The van der Waals surface area contributed by atoms with Crippen LogP contribution in [0.4, 0.5) is 0 Å². The monoisotopic (exact) mass is 239 g/mol. The molecule has 0 fully saturated rings. The van der Waals surface area contributed by atoms with Crippen molar-refractivity contribution < 1.29 is 0 Å². The van der Waals surface area contributed by atoms with E-state index >= 15 is 0 Å². The Labute approximate surface area is 108 Å². The molecule has 0 radical (unpaired) electrons. The maximum Gasteiger partial charge on any atom is 0.0991 e. The summed E-state index contributed by atoms with van der Waals surface area (Å²) >= 11 is 0. The van der Waals surface area contributed by atoms with Crippen LogP contribution in [0.2, 0.25) is 0 Å². The quantitative estimate of drug-likeness (QED) is 0.823. The van der Waals surface area contributed by atoms with Crippen LogP contribution in [0.15, 0.2) is 30.3 Å². The van der Waals surface area contributed by atoms with Crippen LogP contribution >= 0.6 is 0 Å². The zero-order valence-corrected chi connectivity index (χ0v) is 10.8. The largest absolute Gasteiger partial charge is 0.265 e. The third-order valence-electron chi connectivity index (χ3n) is 3.05. The fourth-order valence-corrected chi connectivity index (χ4v) is 1.97. The zero-order valence-electron chi connectivity index (χ0n) is 10.8. The van der Waals surface area contributed by atoms with E-state index in [-0.39, 0.29) is 0 Å². The highest BCUT2D eigenvalue weighted by molar-refractivity contribution is 5.31. The van der Waals surface area contributed by atoms with Crippen LogP contribution in [-0.2, 0) is 19.4 Å². The minimum atomic E-state index is 0.698. The van der Waals surface area contributed by atoms with Crippen molar-refractivity contribution in [3.05, 3.63) is 52.8 Å². The molecule has 1 heterocycles. The lowest BCUT2D eigenvalue weighted by Crippen LogP contribution is -2.05. The molecule has 18 heavy (non-hydrogen) atoms. The van der Waals surface area contributed by atoms with Crippen LogP contribution in [0.3, 0.4) is 0 Å². The number of benzene rings is 1. The molecule has 0 aliphatic carbocycles. The molecule has 0 aliphatic rings. The normalized spacial score (nSPS) is 10.3. The molecule has 0 bridgehead atoms. The summed E-state index contributed by atoms with van der Waals surface area (Å²) in [5.74, 6) is 0. The number of aryl methyl sites for hydroxylation is 2. The van der Waals surface area contributed by atoms with Crippen LogP contribution < -0.4 is 0 Å². The van der Waals surface area contributed by atoms with E-state index in [0.717, 1.165) is 25.1 Å². The van der Waals surface area contributed by atoms with Crippen molar-refractivity contribution in [1.29, 1.82) is 5.26 Å². The van der Waals surface area contributed by atoms with Crippen molar-refractivity contribution in [1.82, 2.24) is 9.78 Å². The molecule has 0 amide bonds. The summed E-state index contributed by atoms with van der Waals surface area (Å²) in [6.45, 7) is 5.04. The van der Waals surface area contributed by atoms with Gasteiger partial charge in [-0.2, -0.15) is 10.4 Å². The lowest BCUT2D eigenvalue weighted by Gasteiger charge is -2.06. The minimum absolute atomic E-state index is 0.698. The van der Waals surface area contributed by atoms with E-state index in [9.17, 15) is 0 Å². The summed E-state index contributed by atoms with van der Waals surface area (Å²) in [7, 11) is 0. The molecule has 92 valence electrons. The molecule has 0 atom stereocenters. The van der Waals surface area contributed by atoms with Gasteiger partial charge in [0.15, 0.2) is 0 Å². The van der Waals surface area contributed by atoms with E-state index in [1.165, 1.54) is 11.3 Å². The van der Waals surface area contributed by atoms with Gasteiger partial charge in [0.2, 0.25) is 0 Å². The minimum Gasteiger partial charge on any atom is -0.265 e. The van der Waals surface area contributed by atoms with Gasteiger partial charge >= 0.3 is 0 Å². The topological polar surface area (TPSA) is 41.6 Å². The fraction of sp³-hybridized carbons (Fsp3) is 0.333. The Morgan fingerprint density at radius 3 is 2.44 bits per heavy atom. The maximum absolute atomic E-state index is 8.77. The summed E-state index contributed by atoms with van der Waals surface area (Å²) in [5, 5.41) is 13.4. The van der Waals surface area contributed by atoms with Gasteiger partial charge in [-0.05, 0) is 36.6 Å². The summed E-state index contributed by atoms with van der Waals surface area (Å²) in [6.07, 6.45) is 1.96. The Morgan fingerprint density at radius 2 is 1.89 bits per heavy atom. The zero-order chi connectivity index (χ0) is 13.0. The van der Waals surface area contributed by atoms with Gasteiger partial charge in [-0.15, -0.1) is 0 Å². The van der Waals surface area contributed by atoms with Crippen molar-refractivity contribution in [3.8, 4) is 6.07 Å². The second-order valence-corrected chi connectivity index (χ2v) is 4.30. The number of hydrogen-bond donors (Lipinski definition) is 0. The molecule has 0 N–H and O–H groups in total. The predicted octanol–water partition coefficient (Wildman–Crippen LogP) is 2.93. The molecule has 1 aromatic carbocycles. The summed E-state index contributed by atoms with van der Waals surface area (Å²) in [4.78, 5) is 0. The summed E-state index contributed by atoms with van der Waals surface area (Å²) in [5.41, 5.74) is 4.27. The lowest BCUT2D eigenvalue weighted by molar-refractivity contribution is 0.640. The Kier molecular flexibility index (Phi) is 3.78. The maximum atomic E-state index is 8.77. The first-order valence-electron chi connectivity index (χ1n) is 6.31. The third-order valence-corrected chi connectivity index (χ3v) is 3.05. The molecule has 3 nitrogen and oxygen atoms in total. The lowest BCUT2D eigenvalue weighted by atomic mass is 10.1. The Hall–Kier alpha value is -2.08. The molecule has 0 aliphatic heterocycles. The van der Waals surface area contributed by atoms with Crippen LogP contribution in [0.25, 0.3) is 0 Å². The third kappa shape index (κ3) is 2.60. The molecule has 0 unspecified atom stereocenters. The van der Waals surface area contributed by atoms with Crippen molar-refractivity contribution in [3.63, 3.8) is 0 Å². The molecule has 2 rings (SSSR count). The number of aromatic nitrogens is 2. The average Bonchev–Trinajstić information content (AvgIpc) is 2.82. The highest BCUT2D eigenvalue weighted by atomic mass is 15.3. The first-order chi connectivity index (χ1) is 8.76. The van der Waals surface area contributed by atoms with Gasteiger partial charge in [0.25, 0.3) is 0 Å². The molecule has 1 aromatic heterocycles. The summed E-state index contributed by atoms with van der Waals surface area (Å²) < 4.78 is 2.06. The molecule has 0 saturated heterocycles. The van der Waals surface area contributed by atoms with Crippen LogP contribution in [-0.4, -0.2) is 9.78 Å². The standard InChI is InChI=1S/C15H17N3/c1-3-14-9-15(4-2)18(17-14)11-13-7-5-12(10-16)6-8-13/h5-9H,3-4,11H2,1-2H3. The first-order valence-corrected chi connectivity index (χ1v) is 6.31. The Morgan fingerprint density at radius 1 is 1.17 bits per heavy atom. The van der Waals surface area contributed by atoms with E-state index in [1.54, 1.807) is 0 Å². The van der Waals surface area contributed by atoms with E-state index in [2.05, 4.69) is 35.8 Å². The smallest absolute Gasteiger partial charge is 0.0991 e. The highest BCUT2D eigenvalue weighted by Gasteiger charge is 2.05. The van der Waals surface area contributed by atoms with Gasteiger partial charge in [-0.3, -0.25) is 4.68 Å². The van der Waals surface area contributed by atoms with Gasteiger partial charge in [0.1, 0.15) is 0 Å². The predicted molar refractivity (Wildman–Crippen MR) is 71.2 cm³/mol. The summed E-state index contributed by atoms with van der Waals surface area (Å²) in [6, 6.07) is 12.0. The second kappa shape index (κ2) is 5.50. The van der Waals surface area contributed by atoms with Crippen molar-refractivity contribution in [2.75, 3.05) is 0 Å². The van der Waals surface area contributed by atoms with E-state index in [0.29, 0.717) is 5.56 Å². The molecular weight excluding hydrogens is 222 g/mol. The Balaban J connectivity index is 2.22. The van der Waals surface area contributed by atoms with Gasteiger partial charge in [0, 0.05) is 5.69 Å². The van der Waals surface area contributed by atoms with Crippen LogP contribution in [0.5, 0.6) is 0 Å². The van der Waals surface area contributed by atoms with E-state index in [4.69, 9.17) is 5.26 Å². The van der Waals surface area contributed by atoms with Crippen molar-refractivity contribution in [2.24, 2.45) is 0 Å². The van der Waals surface area contributed by atoms with Crippen molar-refractivity contribution in [2.45, 2.75) is 33.2 Å². The number of nitrogens with zero attached hydrogens (tertiary/aromatic N) is 3. The van der Waals surface area contributed by atoms with Gasteiger partial charge < -0.3 is 0 Å². The molecule has 0 saturated carbocycles. The second-order valence-electron chi connectivity index (χ2n) is 4.30. The van der Waals surface area contributed by atoms with Crippen LogP contribution in [0.1, 0.15) is 36.4 Å². The van der Waals surface area contributed by atoms with E-state index < -0.39 is 0 Å². The SMILES string of the molecule is CCc1cc(CC)n(Cc2ccc(C#N)cc2)n1. The van der Waals surface area contributed by atoms with E-state index in [1.807, 2.05) is 24.3 Å². The molecule has 0 spiro atoms. The fourth-order valence-electron chi connectivity index (χ4n) is 1.97. The van der Waals surface area contributed by atoms with Gasteiger partial charge in [0.05, 0.1) is 23.9 Å².